The van der Waals surface area contributed by atoms with E-state index in [9.17, 15) is 27.9 Å². The molecule has 0 bridgehead atoms. The van der Waals surface area contributed by atoms with Gasteiger partial charge in [0, 0.05) is 12.2 Å². The van der Waals surface area contributed by atoms with Crippen LogP contribution in [0.4, 0.5) is 18.9 Å². The maximum absolute atomic E-state index is 13.7. The Hall–Kier alpha value is -3.36. The zero-order chi connectivity index (χ0) is 21.6. The molecule has 0 aliphatic heterocycles. The third-order valence-electron chi connectivity index (χ3n) is 5.14. The van der Waals surface area contributed by atoms with Gasteiger partial charge in [-0.05, 0) is 67.1 Å². The average Bonchev–Trinajstić information content (AvgIpc) is 3.50. The van der Waals surface area contributed by atoms with Crippen molar-refractivity contribution in [2.75, 3.05) is 5.32 Å². The van der Waals surface area contributed by atoms with Crippen molar-refractivity contribution in [2.45, 2.75) is 38.4 Å². The molecule has 4 rings (SSSR count). The molecule has 9 heteroatoms. The van der Waals surface area contributed by atoms with Crippen LogP contribution in [0.1, 0.15) is 51.6 Å². The second-order valence-electron chi connectivity index (χ2n) is 7.41. The Morgan fingerprint density at radius 1 is 1.27 bits per heavy atom. The fourth-order valence-electron chi connectivity index (χ4n) is 3.54. The van der Waals surface area contributed by atoms with E-state index < -0.39 is 23.3 Å². The number of aryl methyl sites for hydroxylation is 1. The van der Waals surface area contributed by atoms with Crippen molar-refractivity contribution < 1.29 is 23.1 Å². The molecule has 3 aromatic rings. The molecule has 0 atom stereocenters. The standard InChI is InChI=1S/C21H18F3N3O3/c1-10-26-18-8-16(21(22,23)24)13(7-15(18)19(28)27-10)9-25-17-5-4-12(20(29)30)6-14(17)11-2-3-11/h4-8,11,25H,2-3,9H2,1H3,(H,29,30)(H,26,27,28). The predicted octanol–water partition coefficient (Wildman–Crippen LogP) is 4.44. The number of H-pyrrole nitrogens is 1. The summed E-state index contributed by atoms with van der Waals surface area (Å²) < 4.78 is 41.0. The van der Waals surface area contributed by atoms with E-state index in [0.717, 1.165) is 24.5 Å². The van der Waals surface area contributed by atoms with Crippen LogP contribution < -0.4 is 10.9 Å². The van der Waals surface area contributed by atoms with Crippen molar-refractivity contribution in [3.63, 3.8) is 0 Å². The number of nitrogens with zero attached hydrogens (tertiary/aromatic N) is 1. The molecule has 1 saturated carbocycles. The molecule has 0 unspecified atom stereocenters. The van der Waals surface area contributed by atoms with Crippen molar-refractivity contribution in [1.82, 2.24) is 9.97 Å². The maximum Gasteiger partial charge on any atom is 0.416 e. The first-order chi connectivity index (χ1) is 14.1. The molecule has 1 fully saturated rings. The summed E-state index contributed by atoms with van der Waals surface area (Å²) in [5, 5.41) is 12.3. The SMILES string of the molecule is Cc1nc2cc(C(F)(F)F)c(CNc3ccc(C(=O)O)cc3C3CC3)cc2c(=O)[nH]1. The molecule has 0 spiro atoms. The van der Waals surface area contributed by atoms with Crippen molar-refractivity contribution in [3.05, 3.63) is 68.8 Å². The highest BCUT2D eigenvalue weighted by atomic mass is 19.4. The van der Waals surface area contributed by atoms with E-state index in [1.807, 2.05) is 0 Å². The van der Waals surface area contributed by atoms with Crippen molar-refractivity contribution in [2.24, 2.45) is 0 Å². The number of carboxylic acid groups (broad SMARTS) is 1. The zero-order valence-electron chi connectivity index (χ0n) is 15.9. The molecule has 1 aromatic heterocycles. The lowest BCUT2D eigenvalue weighted by Gasteiger charge is -2.17. The monoisotopic (exact) mass is 417 g/mol. The van der Waals surface area contributed by atoms with Gasteiger partial charge in [0.1, 0.15) is 5.82 Å². The number of hydrogen-bond donors (Lipinski definition) is 3. The van der Waals surface area contributed by atoms with Gasteiger partial charge in [-0.25, -0.2) is 9.78 Å². The Kier molecular flexibility index (Phi) is 4.76. The molecule has 3 N–H and O–H groups in total. The lowest BCUT2D eigenvalue weighted by atomic mass is 10.0. The van der Waals surface area contributed by atoms with Crippen molar-refractivity contribution in [1.29, 1.82) is 0 Å². The minimum absolute atomic E-state index is 0.0168. The smallest absolute Gasteiger partial charge is 0.416 e. The second-order valence-corrected chi connectivity index (χ2v) is 7.41. The summed E-state index contributed by atoms with van der Waals surface area (Å²) in [5.41, 5.74) is 0.0299. The minimum Gasteiger partial charge on any atom is -0.478 e. The summed E-state index contributed by atoms with van der Waals surface area (Å²) in [7, 11) is 0. The van der Waals surface area contributed by atoms with Crippen LogP contribution in [0.5, 0.6) is 0 Å². The molecule has 0 saturated heterocycles. The van der Waals surface area contributed by atoms with E-state index >= 15 is 0 Å². The number of rotatable bonds is 5. The molecular weight excluding hydrogens is 399 g/mol. The molecule has 1 aliphatic rings. The van der Waals surface area contributed by atoms with Crippen LogP contribution in [0.2, 0.25) is 0 Å². The number of benzene rings is 2. The Morgan fingerprint density at radius 2 is 2.00 bits per heavy atom. The number of carbonyl (C=O) groups is 1. The molecule has 1 heterocycles. The number of aromatic amines is 1. The van der Waals surface area contributed by atoms with Gasteiger partial charge < -0.3 is 15.4 Å². The number of anilines is 1. The topological polar surface area (TPSA) is 95.1 Å². The molecule has 0 radical (unpaired) electrons. The first-order valence-corrected chi connectivity index (χ1v) is 9.35. The van der Waals surface area contributed by atoms with Crippen LogP contribution in [-0.4, -0.2) is 21.0 Å². The number of carboxylic acids is 1. The van der Waals surface area contributed by atoms with Crippen LogP contribution in [0.15, 0.2) is 35.1 Å². The van der Waals surface area contributed by atoms with Crippen LogP contribution in [0.3, 0.4) is 0 Å². The summed E-state index contributed by atoms with van der Waals surface area (Å²) in [6.45, 7) is 1.33. The average molecular weight is 417 g/mol. The number of aromatic nitrogens is 2. The van der Waals surface area contributed by atoms with E-state index in [4.69, 9.17) is 0 Å². The molecule has 1 aliphatic carbocycles. The van der Waals surface area contributed by atoms with E-state index in [0.29, 0.717) is 5.69 Å². The normalized spacial score (nSPS) is 14.1. The largest absolute Gasteiger partial charge is 0.478 e. The predicted molar refractivity (Wildman–Crippen MR) is 105 cm³/mol. The first-order valence-electron chi connectivity index (χ1n) is 9.35. The van der Waals surface area contributed by atoms with E-state index in [-0.39, 0.29) is 40.3 Å². The highest BCUT2D eigenvalue weighted by molar-refractivity contribution is 5.88. The van der Waals surface area contributed by atoms with Gasteiger partial charge in [0.15, 0.2) is 0 Å². The Bertz CT molecular complexity index is 1210. The summed E-state index contributed by atoms with van der Waals surface area (Å²) in [6.07, 6.45) is -2.81. The number of nitrogens with one attached hydrogen (secondary N) is 2. The Balaban J connectivity index is 1.73. The summed E-state index contributed by atoms with van der Waals surface area (Å²) in [4.78, 5) is 29.9. The summed E-state index contributed by atoms with van der Waals surface area (Å²) in [6, 6.07) is 6.65. The number of hydrogen-bond acceptors (Lipinski definition) is 4. The van der Waals surface area contributed by atoms with Gasteiger partial charge in [0.2, 0.25) is 0 Å². The van der Waals surface area contributed by atoms with Crippen LogP contribution in [-0.2, 0) is 12.7 Å². The molecule has 156 valence electrons. The summed E-state index contributed by atoms with van der Waals surface area (Å²) in [5.74, 6) is -0.626. The lowest BCUT2D eigenvalue weighted by Crippen LogP contribution is -2.16. The van der Waals surface area contributed by atoms with Crippen molar-refractivity contribution in [3.8, 4) is 0 Å². The van der Waals surface area contributed by atoms with Gasteiger partial charge in [0.25, 0.3) is 5.56 Å². The fourth-order valence-corrected chi connectivity index (χ4v) is 3.54. The molecule has 2 aromatic carbocycles. The van der Waals surface area contributed by atoms with Gasteiger partial charge in [-0.3, -0.25) is 4.79 Å². The minimum atomic E-state index is -4.62. The Labute approximate surface area is 168 Å². The maximum atomic E-state index is 13.7. The molecular formula is C21H18F3N3O3. The summed E-state index contributed by atoms with van der Waals surface area (Å²) >= 11 is 0. The third-order valence-corrected chi connectivity index (χ3v) is 5.14. The first kappa shape index (κ1) is 19.9. The number of alkyl halides is 3. The van der Waals surface area contributed by atoms with Gasteiger partial charge in [-0.15, -0.1) is 0 Å². The van der Waals surface area contributed by atoms with Gasteiger partial charge in [-0.1, -0.05) is 0 Å². The molecule has 0 amide bonds. The van der Waals surface area contributed by atoms with Crippen LogP contribution >= 0.6 is 0 Å². The van der Waals surface area contributed by atoms with Gasteiger partial charge >= 0.3 is 12.1 Å². The third kappa shape index (κ3) is 3.87. The highest BCUT2D eigenvalue weighted by Gasteiger charge is 2.34. The second kappa shape index (κ2) is 7.16. The van der Waals surface area contributed by atoms with Gasteiger partial charge in [0.05, 0.1) is 22.0 Å². The molecule has 30 heavy (non-hydrogen) atoms. The lowest BCUT2D eigenvalue weighted by molar-refractivity contribution is -0.138. The van der Waals surface area contributed by atoms with Crippen LogP contribution in [0, 0.1) is 6.92 Å². The number of halogens is 3. The van der Waals surface area contributed by atoms with E-state index in [1.54, 1.807) is 12.1 Å². The molecule has 6 nitrogen and oxygen atoms in total. The van der Waals surface area contributed by atoms with Gasteiger partial charge in [-0.2, -0.15) is 13.2 Å². The quantitative estimate of drug-likeness (QED) is 0.571. The fraction of sp³-hybridized carbons (Fsp3) is 0.286. The van der Waals surface area contributed by atoms with E-state index in [2.05, 4.69) is 15.3 Å². The van der Waals surface area contributed by atoms with Crippen LogP contribution in [0.25, 0.3) is 10.9 Å². The van der Waals surface area contributed by atoms with Crippen molar-refractivity contribution >= 4 is 22.6 Å². The zero-order valence-corrected chi connectivity index (χ0v) is 15.9. The van der Waals surface area contributed by atoms with E-state index in [1.165, 1.54) is 19.1 Å². The highest BCUT2D eigenvalue weighted by Crippen LogP contribution is 2.44. The number of fused-ring (bicyclic) bond motifs is 1. The number of aromatic carboxylic acids is 1. The Morgan fingerprint density at radius 3 is 2.63 bits per heavy atom.